The molecule has 0 radical (unpaired) electrons. The van der Waals surface area contributed by atoms with Gasteiger partial charge in [0.15, 0.2) is 0 Å². The lowest BCUT2D eigenvalue weighted by Crippen LogP contribution is -2.42. The van der Waals surface area contributed by atoms with Gasteiger partial charge >= 0.3 is 12.1 Å². The van der Waals surface area contributed by atoms with Gasteiger partial charge in [0, 0.05) is 32.7 Å². The molecule has 3 aromatic carbocycles. The van der Waals surface area contributed by atoms with E-state index in [4.69, 9.17) is 18.9 Å². The van der Waals surface area contributed by atoms with Gasteiger partial charge < -0.3 is 29.2 Å². The maximum absolute atomic E-state index is 13.7. The Hall–Kier alpha value is -4.91. The molecule has 2 amide bonds. The smallest absolute Gasteiger partial charge is 0.449 e. The third kappa shape index (κ3) is 11.0. The number of nitrogens with zero attached hydrogens (tertiary/aromatic N) is 1. The number of carbonyl (C=O) groups is 4. The topological polar surface area (TPSA) is 120 Å². The Morgan fingerprint density at radius 3 is 1.81 bits per heavy atom. The number of likely N-dealkylation sites (tertiary alicyclic amines) is 1. The van der Waals surface area contributed by atoms with E-state index in [0.29, 0.717) is 30.8 Å². The van der Waals surface area contributed by atoms with Crippen LogP contribution in [0.4, 0.5) is 13.2 Å². The average Bonchev–Trinajstić information content (AvgIpc) is 3.58. The molecule has 4 rings (SSSR count). The van der Waals surface area contributed by atoms with Crippen molar-refractivity contribution in [3.05, 3.63) is 95.6 Å². The summed E-state index contributed by atoms with van der Waals surface area (Å²) in [5.74, 6) is -1.50. The maximum atomic E-state index is 13.7. The summed E-state index contributed by atoms with van der Waals surface area (Å²) in [7, 11) is 4.65. The van der Waals surface area contributed by atoms with Crippen molar-refractivity contribution in [3.8, 4) is 11.5 Å². The van der Waals surface area contributed by atoms with Crippen LogP contribution in [0, 0.1) is 0 Å². The van der Waals surface area contributed by atoms with E-state index in [-0.39, 0.29) is 57.1 Å². The normalized spacial score (nSPS) is 15.8. The monoisotopic (exact) mass is 740 g/mol. The van der Waals surface area contributed by atoms with E-state index < -0.39 is 42.1 Å². The van der Waals surface area contributed by atoms with Crippen LogP contribution in [0.2, 0.25) is 0 Å². The van der Waals surface area contributed by atoms with Crippen LogP contribution >= 0.6 is 0 Å². The number of unbranched alkanes of at least 4 members (excludes halogenated alkanes) is 3. The van der Waals surface area contributed by atoms with Crippen LogP contribution in [-0.4, -0.2) is 81.2 Å². The Kier molecular flexibility index (Phi) is 14.8. The highest BCUT2D eigenvalue weighted by molar-refractivity contribution is 5.84. The van der Waals surface area contributed by atoms with Gasteiger partial charge in [-0.3, -0.25) is 19.2 Å². The molecule has 1 aliphatic heterocycles. The first-order valence-corrected chi connectivity index (χ1v) is 17.7. The van der Waals surface area contributed by atoms with Crippen LogP contribution in [-0.2, 0) is 34.3 Å². The number of esters is 1. The van der Waals surface area contributed by atoms with E-state index in [1.54, 1.807) is 19.1 Å². The predicted octanol–water partition coefficient (Wildman–Crippen LogP) is 6.52. The number of halogens is 3. The molecule has 0 saturated carbocycles. The summed E-state index contributed by atoms with van der Waals surface area (Å²) in [4.78, 5) is 51.0. The molecule has 3 aromatic rings. The molecule has 0 aliphatic carbocycles. The van der Waals surface area contributed by atoms with Crippen LogP contribution in [0.5, 0.6) is 11.5 Å². The molecular weight excluding hydrogens is 693 g/mol. The summed E-state index contributed by atoms with van der Waals surface area (Å²) in [5.41, 5.74) is 1.26. The molecule has 1 fully saturated rings. The maximum Gasteiger partial charge on any atom is 0.449 e. The number of alkyl halides is 3. The molecule has 53 heavy (non-hydrogen) atoms. The van der Waals surface area contributed by atoms with E-state index in [1.807, 2.05) is 78.9 Å². The van der Waals surface area contributed by atoms with E-state index in [1.165, 1.54) is 7.05 Å². The van der Waals surface area contributed by atoms with Gasteiger partial charge in [-0.15, -0.1) is 0 Å². The second-order valence-electron chi connectivity index (χ2n) is 12.9. The van der Waals surface area contributed by atoms with Crippen molar-refractivity contribution < 1.29 is 51.3 Å². The quantitative estimate of drug-likeness (QED) is 0.0838. The number of rotatable bonds is 19. The summed E-state index contributed by atoms with van der Waals surface area (Å²) in [5, 5.41) is 2.47. The Morgan fingerprint density at radius 2 is 1.28 bits per heavy atom. The number of amides is 2. The van der Waals surface area contributed by atoms with Gasteiger partial charge in [-0.1, -0.05) is 67.4 Å². The fraction of sp³-hybridized carbons (Fsp3) is 0.450. The second kappa shape index (κ2) is 19.2. The van der Waals surface area contributed by atoms with Crippen molar-refractivity contribution in [3.63, 3.8) is 0 Å². The molecule has 0 unspecified atom stereocenters. The van der Waals surface area contributed by atoms with Crippen LogP contribution in [0.1, 0.15) is 74.5 Å². The molecule has 1 saturated heterocycles. The lowest BCUT2D eigenvalue weighted by molar-refractivity contribution is -0.171. The van der Waals surface area contributed by atoms with Gasteiger partial charge in [0.25, 0.3) is 0 Å². The largest absolute Gasteiger partial charge is 0.497 e. The van der Waals surface area contributed by atoms with Crippen molar-refractivity contribution >= 4 is 23.6 Å². The summed E-state index contributed by atoms with van der Waals surface area (Å²) >= 11 is 0. The summed E-state index contributed by atoms with van der Waals surface area (Å²) in [6.07, 6.45) is -4.49. The van der Waals surface area contributed by atoms with Crippen LogP contribution in [0.15, 0.2) is 78.9 Å². The minimum Gasteiger partial charge on any atom is -0.497 e. The molecular formula is C40H47F3N2O8. The molecule has 0 bridgehead atoms. The number of hydrogen-bond acceptors (Lipinski definition) is 8. The van der Waals surface area contributed by atoms with Crippen LogP contribution in [0.25, 0.3) is 0 Å². The number of hydrogen-bond donors (Lipinski definition) is 1. The minimum absolute atomic E-state index is 0.0326. The lowest BCUT2D eigenvalue weighted by atomic mass is 9.80. The average molecular weight is 741 g/mol. The van der Waals surface area contributed by atoms with Gasteiger partial charge in [-0.2, -0.15) is 13.2 Å². The Labute approximate surface area is 307 Å². The molecule has 0 aromatic heterocycles. The fourth-order valence-electron chi connectivity index (χ4n) is 6.50. The third-order valence-corrected chi connectivity index (χ3v) is 9.36. The van der Waals surface area contributed by atoms with Gasteiger partial charge in [-0.05, 0) is 53.8 Å². The molecule has 10 nitrogen and oxygen atoms in total. The van der Waals surface area contributed by atoms with Crippen LogP contribution < -0.4 is 14.8 Å². The molecule has 1 aliphatic rings. The first kappa shape index (κ1) is 40.9. The number of nitrogens with one attached hydrogen (secondary N) is 1. The van der Waals surface area contributed by atoms with Crippen molar-refractivity contribution in [2.75, 3.05) is 34.4 Å². The highest BCUT2D eigenvalue weighted by Crippen LogP contribution is 2.42. The number of carbonyl (C=O) groups excluding carboxylic acids is 4. The zero-order valence-electron chi connectivity index (χ0n) is 30.3. The van der Waals surface area contributed by atoms with Gasteiger partial charge in [0.2, 0.25) is 17.6 Å². The van der Waals surface area contributed by atoms with Gasteiger partial charge in [0.05, 0.1) is 39.8 Å². The number of methoxy groups -OCH3 is 2. The predicted molar refractivity (Wildman–Crippen MR) is 190 cm³/mol. The van der Waals surface area contributed by atoms with Gasteiger partial charge in [-0.25, -0.2) is 0 Å². The number of ketones is 1. The Balaban J connectivity index is 1.59. The molecule has 1 heterocycles. The Morgan fingerprint density at radius 1 is 0.736 bits per heavy atom. The van der Waals surface area contributed by atoms with Crippen molar-refractivity contribution in [1.29, 1.82) is 0 Å². The van der Waals surface area contributed by atoms with Crippen molar-refractivity contribution in [2.45, 2.75) is 81.7 Å². The van der Waals surface area contributed by atoms with E-state index >= 15 is 0 Å². The lowest BCUT2D eigenvalue weighted by Gasteiger charge is -2.38. The number of ether oxygens (including phenoxy) is 4. The number of Topliss-reactive ketones (excluding diaryl/α,β-unsaturated/α-hetero) is 1. The SMILES string of the molecule is CNC(=O)CCC(=O)O[C@@H]1C[C@@H](COC(c2ccccc2)(c2ccc(OC)cc2)c2ccc(OC)cc2)N(C(=O)CCCCCCC(=O)C(F)(F)F)C1. The minimum atomic E-state index is -4.84. The molecule has 2 atom stereocenters. The highest BCUT2D eigenvalue weighted by atomic mass is 19.4. The zero-order chi connectivity index (χ0) is 38.4. The van der Waals surface area contributed by atoms with Gasteiger partial charge in [0.1, 0.15) is 23.2 Å². The highest BCUT2D eigenvalue weighted by Gasteiger charge is 2.43. The zero-order valence-corrected chi connectivity index (χ0v) is 30.3. The first-order chi connectivity index (χ1) is 25.4. The summed E-state index contributed by atoms with van der Waals surface area (Å²) in [6.45, 7) is 0.159. The molecule has 0 spiro atoms. The second-order valence-corrected chi connectivity index (χ2v) is 12.9. The Bertz CT molecular complexity index is 1600. The van der Waals surface area contributed by atoms with E-state index in [0.717, 1.165) is 16.7 Å². The third-order valence-electron chi connectivity index (χ3n) is 9.36. The van der Waals surface area contributed by atoms with Crippen molar-refractivity contribution in [2.24, 2.45) is 0 Å². The summed E-state index contributed by atoms with van der Waals surface area (Å²) in [6, 6.07) is 24.2. The van der Waals surface area contributed by atoms with E-state index in [2.05, 4.69) is 5.32 Å². The molecule has 286 valence electrons. The van der Waals surface area contributed by atoms with E-state index in [9.17, 15) is 32.3 Å². The van der Waals surface area contributed by atoms with Crippen LogP contribution in [0.3, 0.4) is 0 Å². The molecule has 1 N–H and O–H groups in total. The summed E-state index contributed by atoms with van der Waals surface area (Å²) < 4.78 is 61.4. The number of benzene rings is 3. The fourth-order valence-corrected chi connectivity index (χ4v) is 6.50. The van der Waals surface area contributed by atoms with Crippen molar-refractivity contribution in [1.82, 2.24) is 10.2 Å². The molecule has 13 heteroatoms. The standard InChI is InChI=1S/C40H47F3N2O8/c1-44-36(47)23-24-38(49)53-34-25-31(45(26-34)37(48)14-10-5-4-9-13-35(46)40(41,42)43)27-52-39(28-11-7-6-8-12-28,29-15-19-32(50-2)20-16-29)30-17-21-33(51-3)22-18-30/h6-8,11-12,15-22,31,34H,4-5,9-10,13-14,23-27H2,1-3H3,(H,44,47)/t31-,34+/m0/s1. The first-order valence-electron chi connectivity index (χ1n) is 17.7.